The summed E-state index contributed by atoms with van der Waals surface area (Å²) in [6.45, 7) is 4.54. The Bertz CT molecular complexity index is 746. The van der Waals surface area contributed by atoms with E-state index in [9.17, 15) is 9.59 Å². The van der Waals surface area contributed by atoms with Gasteiger partial charge in [-0.3, -0.25) is 14.3 Å². The molecule has 25 heavy (non-hydrogen) atoms. The molecule has 1 N–H and O–H groups in total. The monoisotopic (exact) mass is 342 g/mol. The van der Waals surface area contributed by atoms with Crippen LogP contribution in [0.3, 0.4) is 0 Å². The van der Waals surface area contributed by atoms with Crippen molar-refractivity contribution in [3.63, 3.8) is 0 Å². The second kappa shape index (κ2) is 7.48. The van der Waals surface area contributed by atoms with Crippen LogP contribution >= 0.6 is 0 Å². The third kappa shape index (κ3) is 3.71. The summed E-state index contributed by atoms with van der Waals surface area (Å²) in [5.41, 5.74) is 2.27. The van der Waals surface area contributed by atoms with Gasteiger partial charge >= 0.3 is 0 Å². The highest BCUT2D eigenvalue weighted by atomic mass is 16.3. The Morgan fingerprint density at radius 3 is 2.36 bits per heavy atom. The molecule has 1 fully saturated rings. The molecule has 1 saturated heterocycles. The minimum Gasteiger partial charge on any atom is -0.394 e. The van der Waals surface area contributed by atoms with Crippen molar-refractivity contribution in [3.8, 4) is 0 Å². The molecular formula is C18H22N4O3. The number of benzene rings is 1. The number of ketones is 1. The lowest BCUT2D eigenvalue weighted by Gasteiger charge is -2.36. The molecule has 0 unspecified atom stereocenters. The van der Waals surface area contributed by atoms with Crippen molar-refractivity contribution >= 4 is 17.4 Å². The molecule has 0 saturated carbocycles. The number of hydrogen-bond donors (Lipinski definition) is 1. The molecule has 0 spiro atoms. The zero-order chi connectivity index (χ0) is 17.8. The van der Waals surface area contributed by atoms with Crippen LogP contribution in [0.15, 0.2) is 36.5 Å². The van der Waals surface area contributed by atoms with Gasteiger partial charge in [-0.25, -0.2) is 0 Å². The smallest absolute Gasteiger partial charge is 0.272 e. The first kappa shape index (κ1) is 17.2. The molecule has 0 bridgehead atoms. The second-order valence-corrected chi connectivity index (χ2v) is 6.05. The molecule has 1 aromatic carbocycles. The fraction of sp³-hybridized carbons (Fsp3) is 0.389. The summed E-state index contributed by atoms with van der Waals surface area (Å²) in [5.74, 6) is -0.000940. The van der Waals surface area contributed by atoms with E-state index in [1.165, 1.54) is 4.68 Å². The molecule has 0 aliphatic carbocycles. The van der Waals surface area contributed by atoms with E-state index in [0.717, 1.165) is 18.8 Å². The fourth-order valence-corrected chi connectivity index (χ4v) is 3.02. The van der Waals surface area contributed by atoms with E-state index in [2.05, 4.69) is 10.00 Å². The number of aromatic nitrogens is 2. The molecule has 1 aromatic heterocycles. The van der Waals surface area contributed by atoms with E-state index in [-0.39, 0.29) is 18.3 Å². The van der Waals surface area contributed by atoms with E-state index in [1.54, 1.807) is 19.2 Å². The fourth-order valence-electron chi connectivity index (χ4n) is 3.02. The number of aliphatic hydroxyl groups is 1. The number of carbonyl (C=O) groups excluding carboxylic acids is 2. The van der Waals surface area contributed by atoms with Gasteiger partial charge in [0.1, 0.15) is 5.69 Å². The summed E-state index contributed by atoms with van der Waals surface area (Å²) in [5, 5.41) is 13.1. The van der Waals surface area contributed by atoms with E-state index < -0.39 is 0 Å². The quantitative estimate of drug-likeness (QED) is 0.822. The van der Waals surface area contributed by atoms with Gasteiger partial charge in [0.05, 0.1) is 13.2 Å². The first-order valence-electron chi connectivity index (χ1n) is 8.38. The molecule has 1 amide bonds. The minimum atomic E-state index is -0.0578. The Morgan fingerprint density at radius 2 is 1.76 bits per heavy atom. The van der Waals surface area contributed by atoms with Crippen molar-refractivity contribution in [2.24, 2.45) is 0 Å². The molecule has 132 valence electrons. The number of aliphatic hydroxyl groups excluding tert-OH is 1. The van der Waals surface area contributed by atoms with Crippen LogP contribution in [0.1, 0.15) is 27.8 Å². The number of hydrogen-bond acceptors (Lipinski definition) is 5. The van der Waals surface area contributed by atoms with Crippen LogP contribution < -0.4 is 4.90 Å². The molecule has 0 radical (unpaired) electrons. The maximum atomic E-state index is 12.6. The van der Waals surface area contributed by atoms with E-state index >= 15 is 0 Å². The van der Waals surface area contributed by atoms with Gasteiger partial charge in [0.2, 0.25) is 0 Å². The van der Waals surface area contributed by atoms with Crippen LogP contribution in [0.4, 0.5) is 5.69 Å². The SMILES string of the molecule is CC(=O)c1ccc(N2CCN(C(=O)c3ccnn3CCO)CC2)cc1. The predicted octanol–water partition coefficient (Wildman–Crippen LogP) is 1.04. The Kier molecular flexibility index (Phi) is 5.14. The molecule has 2 aromatic rings. The predicted molar refractivity (Wildman–Crippen MR) is 93.9 cm³/mol. The van der Waals surface area contributed by atoms with Gasteiger partial charge in [-0.2, -0.15) is 5.10 Å². The minimum absolute atomic E-state index is 0.0496. The van der Waals surface area contributed by atoms with Crippen LogP contribution in [-0.4, -0.2) is 64.3 Å². The summed E-state index contributed by atoms with van der Waals surface area (Å²) < 4.78 is 1.54. The Morgan fingerprint density at radius 1 is 1.08 bits per heavy atom. The molecule has 2 heterocycles. The summed E-state index contributed by atoms with van der Waals surface area (Å²) in [7, 11) is 0. The van der Waals surface area contributed by atoms with Crippen LogP contribution in [0.25, 0.3) is 0 Å². The van der Waals surface area contributed by atoms with Crippen molar-refractivity contribution in [1.82, 2.24) is 14.7 Å². The van der Waals surface area contributed by atoms with Crippen LogP contribution in [-0.2, 0) is 6.54 Å². The maximum Gasteiger partial charge on any atom is 0.272 e. The molecular weight excluding hydrogens is 320 g/mol. The third-order valence-corrected chi connectivity index (χ3v) is 4.45. The second-order valence-electron chi connectivity index (χ2n) is 6.05. The number of anilines is 1. The standard InChI is InChI=1S/C18H22N4O3/c1-14(24)15-2-4-16(5-3-15)20-8-10-21(11-9-20)18(25)17-6-7-19-22(17)12-13-23/h2-7,23H,8-13H2,1H3. The maximum absolute atomic E-state index is 12.6. The van der Waals surface area contributed by atoms with Gasteiger partial charge in [-0.05, 0) is 37.3 Å². The molecule has 1 aliphatic heterocycles. The van der Waals surface area contributed by atoms with Crippen molar-refractivity contribution < 1.29 is 14.7 Å². The number of Topliss-reactive ketones (excluding diaryl/α,β-unsaturated/α-hetero) is 1. The Balaban J connectivity index is 1.62. The highest BCUT2D eigenvalue weighted by Crippen LogP contribution is 2.18. The number of amides is 1. The molecule has 7 heteroatoms. The van der Waals surface area contributed by atoms with Crippen LogP contribution in [0.5, 0.6) is 0 Å². The molecule has 7 nitrogen and oxygen atoms in total. The Labute approximate surface area is 146 Å². The summed E-state index contributed by atoms with van der Waals surface area (Å²) >= 11 is 0. The van der Waals surface area contributed by atoms with Crippen molar-refractivity contribution in [2.45, 2.75) is 13.5 Å². The van der Waals surface area contributed by atoms with Crippen molar-refractivity contribution in [2.75, 3.05) is 37.7 Å². The van der Waals surface area contributed by atoms with Gasteiger partial charge in [0.15, 0.2) is 5.78 Å². The van der Waals surface area contributed by atoms with Gasteiger partial charge < -0.3 is 14.9 Å². The lowest BCUT2D eigenvalue weighted by molar-refractivity contribution is 0.0732. The first-order valence-corrected chi connectivity index (χ1v) is 8.38. The van der Waals surface area contributed by atoms with Crippen molar-refractivity contribution in [1.29, 1.82) is 0 Å². The topological polar surface area (TPSA) is 78.7 Å². The van der Waals surface area contributed by atoms with Gasteiger partial charge in [-0.1, -0.05) is 0 Å². The average Bonchev–Trinajstić information content (AvgIpc) is 3.10. The highest BCUT2D eigenvalue weighted by molar-refractivity contribution is 5.94. The molecule has 3 rings (SSSR count). The van der Waals surface area contributed by atoms with E-state index in [1.807, 2.05) is 29.2 Å². The average molecular weight is 342 g/mol. The zero-order valence-corrected chi connectivity index (χ0v) is 14.3. The summed E-state index contributed by atoms with van der Waals surface area (Å²) in [6, 6.07) is 9.26. The molecule has 0 atom stereocenters. The molecule has 1 aliphatic rings. The number of nitrogens with zero attached hydrogens (tertiary/aromatic N) is 4. The van der Waals surface area contributed by atoms with Crippen molar-refractivity contribution in [3.05, 3.63) is 47.8 Å². The lowest BCUT2D eigenvalue weighted by Crippen LogP contribution is -2.49. The lowest BCUT2D eigenvalue weighted by atomic mass is 10.1. The third-order valence-electron chi connectivity index (χ3n) is 4.45. The van der Waals surface area contributed by atoms with E-state index in [0.29, 0.717) is 30.9 Å². The van der Waals surface area contributed by atoms with Crippen LogP contribution in [0, 0.1) is 0 Å². The normalized spacial score (nSPS) is 14.6. The van der Waals surface area contributed by atoms with E-state index in [4.69, 9.17) is 5.11 Å². The zero-order valence-electron chi connectivity index (χ0n) is 14.3. The van der Waals surface area contributed by atoms with Crippen LogP contribution in [0.2, 0.25) is 0 Å². The van der Waals surface area contributed by atoms with Gasteiger partial charge in [0, 0.05) is 43.6 Å². The largest absolute Gasteiger partial charge is 0.394 e. The number of carbonyl (C=O) groups is 2. The summed E-state index contributed by atoms with van der Waals surface area (Å²) in [6.07, 6.45) is 1.58. The van der Waals surface area contributed by atoms with Gasteiger partial charge in [-0.15, -0.1) is 0 Å². The summed E-state index contributed by atoms with van der Waals surface area (Å²) in [4.78, 5) is 28.0. The Hall–Kier alpha value is -2.67. The first-order chi connectivity index (χ1) is 12.1. The van der Waals surface area contributed by atoms with Gasteiger partial charge in [0.25, 0.3) is 5.91 Å². The number of rotatable bonds is 5. The number of piperazine rings is 1. The highest BCUT2D eigenvalue weighted by Gasteiger charge is 2.24.